The fourth-order valence-corrected chi connectivity index (χ4v) is 3.66. The lowest BCUT2D eigenvalue weighted by Gasteiger charge is -2.35. The minimum atomic E-state index is -0.599. The molecule has 2 heterocycles. The third-order valence-corrected chi connectivity index (χ3v) is 5.04. The van der Waals surface area contributed by atoms with Crippen LogP contribution in [0, 0.1) is 0 Å². The molecule has 1 aliphatic heterocycles. The standard InChI is InChI=1S/C24H24N2O5/c1-16-13-26(14-17(2)30-16)22(27)15-29-24(28)20-11-7-6-10-19(20)23-25-12-21(31-23)18-8-4-3-5-9-18/h3-12,16-17H,13-15H2,1-2H3/t16-,17+. The van der Waals surface area contributed by atoms with E-state index in [-0.39, 0.29) is 24.7 Å². The number of benzene rings is 2. The van der Waals surface area contributed by atoms with Gasteiger partial charge in [-0.05, 0) is 26.0 Å². The highest BCUT2D eigenvalue weighted by molar-refractivity contribution is 5.97. The smallest absolute Gasteiger partial charge is 0.339 e. The van der Waals surface area contributed by atoms with Gasteiger partial charge in [0, 0.05) is 18.7 Å². The van der Waals surface area contributed by atoms with Gasteiger partial charge in [-0.15, -0.1) is 0 Å². The summed E-state index contributed by atoms with van der Waals surface area (Å²) in [5.41, 5.74) is 1.69. The first kappa shape index (κ1) is 20.8. The second kappa shape index (κ2) is 9.14. The number of amides is 1. The van der Waals surface area contributed by atoms with Crippen molar-refractivity contribution >= 4 is 11.9 Å². The number of hydrogen-bond acceptors (Lipinski definition) is 6. The number of carbonyl (C=O) groups is 2. The summed E-state index contributed by atoms with van der Waals surface area (Å²) in [7, 11) is 0. The van der Waals surface area contributed by atoms with Crippen molar-refractivity contribution in [2.45, 2.75) is 26.1 Å². The van der Waals surface area contributed by atoms with E-state index >= 15 is 0 Å². The molecule has 0 aliphatic carbocycles. The van der Waals surface area contributed by atoms with Crippen LogP contribution in [0.1, 0.15) is 24.2 Å². The Hall–Kier alpha value is -3.45. The van der Waals surface area contributed by atoms with Crippen molar-refractivity contribution in [3.63, 3.8) is 0 Å². The quantitative estimate of drug-likeness (QED) is 0.584. The molecule has 1 aromatic heterocycles. The molecular formula is C24H24N2O5. The largest absolute Gasteiger partial charge is 0.452 e. The van der Waals surface area contributed by atoms with Crippen LogP contribution in [0.2, 0.25) is 0 Å². The molecule has 1 amide bonds. The van der Waals surface area contributed by atoms with E-state index in [4.69, 9.17) is 13.9 Å². The summed E-state index contributed by atoms with van der Waals surface area (Å²) in [5.74, 6) is 0.0751. The Labute approximate surface area is 180 Å². The number of esters is 1. The molecule has 31 heavy (non-hydrogen) atoms. The summed E-state index contributed by atoms with van der Waals surface area (Å²) in [5, 5.41) is 0. The van der Waals surface area contributed by atoms with Gasteiger partial charge in [-0.2, -0.15) is 0 Å². The van der Waals surface area contributed by atoms with E-state index in [1.165, 1.54) is 0 Å². The molecule has 2 aromatic carbocycles. The molecule has 160 valence electrons. The fourth-order valence-electron chi connectivity index (χ4n) is 3.66. The summed E-state index contributed by atoms with van der Waals surface area (Å²) < 4.78 is 16.9. The minimum absolute atomic E-state index is 0.0482. The number of morpholine rings is 1. The third kappa shape index (κ3) is 4.83. The molecule has 7 heteroatoms. The van der Waals surface area contributed by atoms with Gasteiger partial charge in [-0.3, -0.25) is 4.79 Å². The van der Waals surface area contributed by atoms with Crippen LogP contribution in [-0.2, 0) is 14.3 Å². The number of oxazole rings is 1. The minimum Gasteiger partial charge on any atom is -0.452 e. The lowest BCUT2D eigenvalue weighted by Crippen LogP contribution is -2.49. The molecule has 1 saturated heterocycles. The summed E-state index contributed by atoms with van der Waals surface area (Å²) in [6, 6.07) is 16.5. The van der Waals surface area contributed by atoms with Crippen molar-refractivity contribution < 1.29 is 23.5 Å². The van der Waals surface area contributed by atoms with E-state index in [1.807, 2.05) is 44.2 Å². The van der Waals surface area contributed by atoms with Gasteiger partial charge >= 0.3 is 5.97 Å². The van der Waals surface area contributed by atoms with E-state index in [0.717, 1.165) is 5.56 Å². The highest BCUT2D eigenvalue weighted by Crippen LogP contribution is 2.28. The maximum absolute atomic E-state index is 12.7. The van der Waals surface area contributed by atoms with Gasteiger partial charge in [-0.25, -0.2) is 9.78 Å². The Morgan fingerprint density at radius 1 is 1.03 bits per heavy atom. The van der Waals surface area contributed by atoms with Gasteiger partial charge in [0.2, 0.25) is 5.89 Å². The van der Waals surface area contributed by atoms with Crippen LogP contribution in [0.3, 0.4) is 0 Å². The second-order valence-electron chi connectivity index (χ2n) is 7.57. The lowest BCUT2D eigenvalue weighted by molar-refractivity contribution is -0.146. The topological polar surface area (TPSA) is 81.9 Å². The molecule has 2 atom stereocenters. The van der Waals surface area contributed by atoms with Crippen LogP contribution in [0.25, 0.3) is 22.8 Å². The first-order valence-electron chi connectivity index (χ1n) is 10.2. The zero-order valence-electron chi connectivity index (χ0n) is 17.5. The zero-order valence-corrected chi connectivity index (χ0v) is 17.5. The number of aromatic nitrogens is 1. The third-order valence-electron chi connectivity index (χ3n) is 5.04. The highest BCUT2D eigenvalue weighted by Gasteiger charge is 2.27. The molecule has 0 N–H and O–H groups in total. The van der Waals surface area contributed by atoms with E-state index in [9.17, 15) is 9.59 Å². The van der Waals surface area contributed by atoms with Crippen LogP contribution >= 0.6 is 0 Å². The van der Waals surface area contributed by atoms with Crippen molar-refractivity contribution in [3.8, 4) is 22.8 Å². The summed E-state index contributed by atoms with van der Waals surface area (Å²) >= 11 is 0. The first-order chi connectivity index (χ1) is 15.0. The molecule has 7 nitrogen and oxygen atoms in total. The van der Waals surface area contributed by atoms with Crippen LogP contribution < -0.4 is 0 Å². The Balaban J connectivity index is 1.47. The lowest BCUT2D eigenvalue weighted by atomic mass is 10.1. The molecule has 0 spiro atoms. The number of nitrogens with zero attached hydrogens (tertiary/aromatic N) is 2. The average Bonchev–Trinajstić information content (AvgIpc) is 3.27. The van der Waals surface area contributed by atoms with E-state index in [2.05, 4.69) is 4.98 Å². The molecule has 1 aliphatic rings. The summed E-state index contributed by atoms with van der Waals surface area (Å²) in [4.78, 5) is 31.2. The molecule has 1 fully saturated rings. The molecule has 0 bridgehead atoms. The van der Waals surface area contributed by atoms with E-state index in [1.54, 1.807) is 35.4 Å². The Bertz CT molecular complexity index is 1050. The Morgan fingerprint density at radius 2 is 1.71 bits per heavy atom. The number of carbonyl (C=O) groups excluding carboxylic acids is 2. The fraction of sp³-hybridized carbons (Fsp3) is 0.292. The normalized spacial score (nSPS) is 18.6. The van der Waals surface area contributed by atoms with Crippen molar-refractivity contribution in [2.24, 2.45) is 0 Å². The van der Waals surface area contributed by atoms with Crippen LogP contribution in [-0.4, -0.2) is 53.7 Å². The Morgan fingerprint density at radius 3 is 2.45 bits per heavy atom. The number of ether oxygens (including phenoxy) is 2. The predicted molar refractivity (Wildman–Crippen MR) is 114 cm³/mol. The monoisotopic (exact) mass is 420 g/mol. The maximum Gasteiger partial charge on any atom is 0.339 e. The average molecular weight is 420 g/mol. The summed E-state index contributed by atoms with van der Waals surface area (Å²) in [6.45, 7) is 4.47. The van der Waals surface area contributed by atoms with Crippen LogP contribution in [0.4, 0.5) is 0 Å². The van der Waals surface area contributed by atoms with Gasteiger partial charge in [-0.1, -0.05) is 42.5 Å². The van der Waals surface area contributed by atoms with Crippen molar-refractivity contribution in [3.05, 3.63) is 66.4 Å². The van der Waals surface area contributed by atoms with Crippen molar-refractivity contribution in [1.29, 1.82) is 0 Å². The van der Waals surface area contributed by atoms with E-state index < -0.39 is 5.97 Å². The van der Waals surface area contributed by atoms with Crippen molar-refractivity contribution in [2.75, 3.05) is 19.7 Å². The number of rotatable bonds is 5. The molecule has 4 rings (SSSR count). The van der Waals surface area contributed by atoms with Crippen molar-refractivity contribution in [1.82, 2.24) is 9.88 Å². The summed E-state index contributed by atoms with van der Waals surface area (Å²) in [6.07, 6.45) is 1.53. The molecule has 3 aromatic rings. The number of hydrogen-bond donors (Lipinski definition) is 0. The SMILES string of the molecule is C[C@@H]1CN(C(=O)COC(=O)c2ccccc2-c2ncc(-c3ccccc3)o2)C[C@H](C)O1. The van der Waals surface area contributed by atoms with Gasteiger partial charge < -0.3 is 18.8 Å². The predicted octanol–water partition coefficient (Wildman–Crippen LogP) is 3.80. The highest BCUT2D eigenvalue weighted by atomic mass is 16.5. The van der Waals surface area contributed by atoms with Gasteiger partial charge in [0.05, 0.1) is 29.5 Å². The Kier molecular flexibility index (Phi) is 6.13. The molecule has 0 unspecified atom stereocenters. The zero-order chi connectivity index (χ0) is 21.8. The van der Waals surface area contributed by atoms with Crippen LogP contribution in [0.15, 0.2) is 65.2 Å². The first-order valence-corrected chi connectivity index (χ1v) is 10.2. The van der Waals surface area contributed by atoms with Crippen LogP contribution in [0.5, 0.6) is 0 Å². The van der Waals surface area contributed by atoms with Gasteiger partial charge in [0.1, 0.15) is 0 Å². The van der Waals surface area contributed by atoms with Gasteiger partial charge in [0.15, 0.2) is 12.4 Å². The molecular weight excluding hydrogens is 396 g/mol. The maximum atomic E-state index is 12.7. The second-order valence-corrected chi connectivity index (χ2v) is 7.57. The van der Waals surface area contributed by atoms with E-state index in [0.29, 0.717) is 35.9 Å². The van der Waals surface area contributed by atoms with Gasteiger partial charge in [0.25, 0.3) is 5.91 Å². The molecule has 0 saturated carbocycles. The molecule has 0 radical (unpaired) electrons.